The topological polar surface area (TPSA) is 83.2 Å². The van der Waals surface area contributed by atoms with Gasteiger partial charge in [0.1, 0.15) is 11.3 Å². The molecule has 0 aliphatic heterocycles. The Balaban J connectivity index is 1.66. The van der Waals surface area contributed by atoms with Crippen molar-refractivity contribution in [2.75, 3.05) is 0 Å². The number of aromatic nitrogens is 5. The predicted octanol–water partition coefficient (Wildman–Crippen LogP) is 4.53. The van der Waals surface area contributed by atoms with Gasteiger partial charge in [0.2, 0.25) is 0 Å². The number of rotatable bonds is 3. The van der Waals surface area contributed by atoms with E-state index in [0.29, 0.717) is 27.8 Å². The molecule has 1 aromatic carbocycles. The van der Waals surface area contributed by atoms with Gasteiger partial charge in [-0.1, -0.05) is 41.4 Å². The van der Waals surface area contributed by atoms with Gasteiger partial charge in [0, 0.05) is 23.5 Å². The summed E-state index contributed by atoms with van der Waals surface area (Å²) in [5, 5.41) is 9.20. The van der Waals surface area contributed by atoms with E-state index >= 15 is 0 Å². The van der Waals surface area contributed by atoms with E-state index in [1.54, 1.807) is 18.7 Å². The first kappa shape index (κ1) is 18.3. The first-order valence-corrected chi connectivity index (χ1v) is 10.3. The van der Waals surface area contributed by atoms with Crippen LogP contribution in [0.3, 0.4) is 0 Å². The summed E-state index contributed by atoms with van der Waals surface area (Å²) >= 11 is 12.6. The summed E-state index contributed by atoms with van der Waals surface area (Å²) in [7, 11) is 0. The molecule has 0 unspecified atom stereocenters. The van der Waals surface area contributed by atoms with E-state index in [9.17, 15) is 0 Å². The predicted molar refractivity (Wildman–Crippen MR) is 113 cm³/mol. The number of hydrogen-bond donors (Lipinski definition) is 2. The Morgan fingerprint density at radius 1 is 1.10 bits per heavy atom. The first-order valence-electron chi connectivity index (χ1n) is 9.50. The van der Waals surface area contributed by atoms with Crippen molar-refractivity contribution in [1.82, 2.24) is 24.5 Å². The van der Waals surface area contributed by atoms with E-state index in [2.05, 4.69) is 33.2 Å². The van der Waals surface area contributed by atoms with E-state index in [4.69, 9.17) is 33.6 Å². The van der Waals surface area contributed by atoms with Crippen molar-refractivity contribution in [3.05, 3.63) is 69.1 Å². The molecule has 4 aromatic rings. The highest BCUT2D eigenvalue weighted by Crippen LogP contribution is 2.31. The fourth-order valence-electron chi connectivity index (χ4n) is 3.99. The molecular weight excluding hydrogens is 407 g/mol. The number of nitrogens with one attached hydrogen (secondary N) is 2. The fourth-order valence-corrected chi connectivity index (χ4v) is 4.47. The Labute approximate surface area is 177 Å². The number of halogens is 2. The van der Waals surface area contributed by atoms with Crippen LogP contribution in [-0.2, 0) is 19.4 Å². The lowest BCUT2D eigenvalue weighted by Gasteiger charge is -2.18. The third-order valence-electron chi connectivity index (χ3n) is 5.45. The summed E-state index contributed by atoms with van der Waals surface area (Å²) < 4.78 is 1.86. The van der Waals surface area contributed by atoms with Crippen LogP contribution in [0, 0.1) is 5.41 Å². The Kier molecular flexibility index (Phi) is 4.60. The first-order chi connectivity index (χ1) is 14.1. The summed E-state index contributed by atoms with van der Waals surface area (Å²) in [5.74, 6) is 0.765. The van der Waals surface area contributed by atoms with Gasteiger partial charge in [-0.05, 0) is 36.8 Å². The molecule has 0 amide bonds. The summed E-state index contributed by atoms with van der Waals surface area (Å²) in [6.07, 6.45) is 9.31. The summed E-state index contributed by atoms with van der Waals surface area (Å²) in [6, 6.07) is 6.38. The fraction of sp³-hybridized carbons (Fsp3) is 0.238. The van der Waals surface area contributed by atoms with E-state index in [1.165, 1.54) is 24.0 Å². The van der Waals surface area contributed by atoms with Gasteiger partial charge in [-0.3, -0.25) is 10.4 Å². The zero-order chi connectivity index (χ0) is 20.0. The van der Waals surface area contributed by atoms with Crippen molar-refractivity contribution in [1.29, 1.82) is 5.41 Å². The Morgan fingerprint density at radius 3 is 2.72 bits per heavy atom. The van der Waals surface area contributed by atoms with Gasteiger partial charge in [-0.25, -0.2) is 9.97 Å². The van der Waals surface area contributed by atoms with Crippen LogP contribution in [0.1, 0.15) is 29.5 Å². The van der Waals surface area contributed by atoms with Crippen LogP contribution in [-0.4, -0.2) is 24.5 Å². The van der Waals surface area contributed by atoms with Crippen molar-refractivity contribution in [3.8, 4) is 11.4 Å². The van der Waals surface area contributed by atoms with E-state index < -0.39 is 0 Å². The molecule has 29 heavy (non-hydrogen) atoms. The molecular formula is C21H18Cl2N6. The normalized spacial score (nSPS) is 13.6. The van der Waals surface area contributed by atoms with Gasteiger partial charge < -0.3 is 9.55 Å². The molecule has 0 bridgehead atoms. The second-order valence-corrected chi connectivity index (χ2v) is 8.05. The number of hydrogen-bond acceptors (Lipinski definition) is 4. The highest BCUT2D eigenvalue weighted by Gasteiger charge is 2.18. The number of aromatic amines is 1. The zero-order valence-electron chi connectivity index (χ0n) is 15.5. The Morgan fingerprint density at radius 2 is 1.90 bits per heavy atom. The molecule has 6 nitrogen and oxygen atoms in total. The Hall–Kier alpha value is -2.70. The summed E-state index contributed by atoms with van der Waals surface area (Å²) in [4.78, 5) is 16.4. The smallest absolute Gasteiger partial charge is 0.173 e. The van der Waals surface area contributed by atoms with Crippen LogP contribution in [0.25, 0.3) is 22.6 Å². The van der Waals surface area contributed by atoms with Crippen LogP contribution in [0.4, 0.5) is 0 Å². The second-order valence-electron chi connectivity index (χ2n) is 7.24. The molecule has 5 rings (SSSR count). The number of aryl methyl sites for hydroxylation is 1. The SMILES string of the molecule is N=c1ncn(Cc2c(Cl)cncc2Cl)c2nc(-c3cccc4c3CCCC4)[nH]c12. The molecule has 0 radical (unpaired) electrons. The lowest BCUT2D eigenvalue weighted by Crippen LogP contribution is -2.13. The van der Waals surface area contributed by atoms with Crippen molar-refractivity contribution >= 4 is 34.4 Å². The van der Waals surface area contributed by atoms with Crippen LogP contribution in [0.2, 0.25) is 10.0 Å². The quantitative estimate of drug-likeness (QED) is 0.506. The van der Waals surface area contributed by atoms with Crippen molar-refractivity contribution in [3.63, 3.8) is 0 Å². The number of benzene rings is 1. The molecule has 0 atom stereocenters. The number of H-pyrrole nitrogens is 1. The highest BCUT2D eigenvalue weighted by atomic mass is 35.5. The average molecular weight is 425 g/mol. The average Bonchev–Trinajstić information content (AvgIpc) is 3.18. The minimum Gasteiger partial charge on any atom is -0.334 e. The molecule has 1 aliphatic rings. The monoisotopic (exact) mass is 424 g/mol. The molecule has 2 N–H and O–H groups in total. The standard InChI is InChI=1S/C21H18Cl2N6/c22-16-8-25-9-17(23)15(16)10-29-11-26-19(24)18-21(29)28-20(27-18)14-7-3-5-12-4-1-2-6-13(12)14/h3,5,7-9,11,24H,1-2,4,6,10H2,(H,27,28). The minimum absolute atomic E-state index is 0.159. The van der Waals surface area contributed by atoms with E-state index in [-0.39, 0.29) is 5.49 Å². The number of imidazole rings is 1. The molecule has 0 spiro atoms. The van der Waals surface area contributed by atoms with Gasteiger partial charge in [0.15, 0.2) is 11.1 Å². The molecule has 3 heterocycles. The molecule has 0 fully saturated rings. The van der Waals surface area contributed by atoms with Crippen molar-refractivity contribution in [2.45, 2.75) is 32.2 Å². The maximum atomic E-state index is 8.23. The maximum Gasteiger partial charge on any atom is 0.173 e. The van der Waals surface area contributed by atoms with E-state index in [0.717, 1.165) is 29.8 Å². The lowest BCUT2D eigenvalue weighted by molar-refractivity contribution is 0.686. The van der Waals surface area contributed by atoms with Crippen LogP contribution in [0.15, 0.2) is 36.9 Å². The minimum atomic E-state index is 0.159. The van der Waals surface area contributed by atoms with Crippen LogP contribution in [0.5, 0.6) is 0 Å². The molecule has 146 valence electrons. The largest absolute Gasteiger partial charge is 0.334 e. The lowest BCUT2D eigenvalue weighted by atomic mass is 9.88. The third-order valence-corrected chi connectivity index (χ3v) is 6.10. The zero-order valence-corrected chi connectivity index (χ0v) is 17.1. The third kappa shape index (κ3) is 3.22. The van der Waals surface area contributed by atoms with E-state index in [1.807, 2.05) is 4.57 Å². The summed E-state index contributed by atoms with van der Waals surface area (Å²) in [5.41, 5.74) is 5.99. The molecule has 0 saturated heterocycles. The second kappa shape index (κ2) is 7.28. The van der Waals surface area contributed by atoms with Gasteiger partial charge in [-0.15, -0.1) is 0 Å². The van der Waals surface area contributed by atoms with Crippen LogP contribution < -0.4 is 5.49 Å². The van der Waals surface area contributed by atoms with Gasteiger partial charge in [0.05, 0.1) is 22.9 Å². The molecule has 0 saturated carbocycles. The number of pyridine rings is 1. The molecule has 8 heteroatoms. The molecule has 1 aliphatic carbocycles. The number of fused-ring (bicyclic) bond motifs is 2. The maximum absolute atomic E-state index is 8.23. The van der Waals surface area contributed by atoms with Gasteiger partial charge >= 0.3 is 0 Å². The van der Waals surface area contributed by atoms with Crippen LogP contribution >= 0.6 is 23.2 Å². The van der Waals surface area contributed by atoms with Crippen molar-refractivity contribution < 1.29 is 0 Å². The highest BCUT2D eigenvalue weighted by molar-refractivity contribution is 6.35. The summed E-state index contributed by atoms with van der Waals surface area (Å²) in [6.45, 7) is 0.390. The molecule has 3 aromatic heterocycles. The van der Waals surface area contributed by atoms with Gasteiger partial charge in [-0.2, -0.15) is 0 Å². The van der Waals surface area contributed by atoms with Gasteiger partial charge in [0.25, 0.3) is 0 Å². The Bertz CT molecular complexity index is 1270. The van der Waals surface area contributed by atoms with Crippen molar-refractivity contribution in [2.24, 2.45) is 0 Å². The number of nitrogens with zero attached hydrogens (tertiary/aromatic N) is 4.